The maximum atomic E-state index is 11.4. The largest absolute Gasteiger partial charge is 0.473 e. The molecular formula is C11H8BrNO4. The number of halogens is 1. The number of nitrogens with zero attached hydrogens (tertiary/aromatic N) is 1. The van der Waals surface area contributed by atoms with Crippen molar-refractivity contribution < 1.29 is 14.5 Å². The van der Waals surface area contributed by atoms with Gasteiger partial charge in [0, 0.05) is 10.5 Å². The molecule has 0 aliphatic carbocycles. The zero-order chi connectivity index (χ0) is 13.0. The molecule has 1 aromatic rings. The number of terminal acetylenes is 1. The Hall–Kier alpha value is -1.87. The zero-order valence-electron chi connectivity index (χ0n) is 8.90. The second-order valence-electron chi connectivity index (χ2n) is 3.11. The Balaban J connectivity index is 3.42. The van der Waals surface area contributed by atoms with Crippen LogP contribution >= 0.6 is 15.9 Å². The molecule has 0 amide bonds. The fraction of sp³-hybridized carbons (Fsp3) is 0.182. The van der Waals surface area contributed by atoms with E-state index in [0.717, 1.165) is 0 Å². The highest BCUT2D eigenvalue weighted by Gasteiger charge is 2.22. The van der Waals surface area contributed by atoms with Crippen molar-refractivity contribution >= 4 is 27.4 Å². The van der Waals surface area contributed by atoms with Gasteiger partial charge >= 0.3 is 5.69 Å². The second kappa shape index (κ2) is 5.46. The minimum absolute atomic E-state index is 0.0938. The van der Waals surface area contributed by atoms with Crippen molar-refractivity contribution in [3.05, 3.63) is 32.3 Å². The fourth-order valence-corrected chi connectivity index (χ4v) is 1.69. The Labute approximate surface area is 106 Å². The molecule has 5 nitrogen and oxygen atoms in total. The molecule has 0 unspecified atom stereocenters. The molecule has 1 rings (SSSR count). The molecule has 6 heteroatoms. The van der Waals surface area contributed by atoms with Gasteiger partial charge in [-0.2, -0.15) is 0 Å². The number of ketones is 1. The van der Waals surface area contributed by atoms with Crippen molar-refractivity contribution in [2.45, 2.75) is 6.92 Å². The van der Waals surface area contributed by atoms with Crippen LogP contribution in [0.25, 0.3) is 0 Å². The van der Waals surface area contributed by atoms with Gasteiger partial charge in [0.25, 0.3) is 0 Å². The van der Waals surface area contributed by atoms with Crippen LogP contribution in [0, 0.1) is 22.5 Å². The summed E-state index contributed by atoms with van der Waals surface area (Å²) in [6, 6.07) is 2.72. The molecular weight excluding hydrogens is 290 g/mol. The van der Waals surface area contributed by atoms with E-state index in [-0.39, 0.29) is 29.4 Å². The predicted octanol–water partition coefficient (Wildman–Crippen LogP) is 2.57. The maximum Gasteiger partial charge on any atom is 0.312 e. The summed E-state index contributed by atoms with van der Waals surface area (Å²) in [5.74, 6) is 1.77. The van der Waals surface area contributed by atoms with Crippen molar-refractivity contribution in [1.29, 1.82) is 0 Å². The average molecular weight is 298 g/mol. The molecule has 0 radical (unpaired) electrons. The number of benzene rings is 1. The molecule has 0 heterocycles. The Bertz CT molecular complexity index is 484. The molecule has 0 aromatic heterocycles. The van der Waals surface area contributed by atoms with Crippen LogP contribution in [0.4, 0.5) is 5.69 Å². The van der Waals surface area contributed by atoms with E-state index in [9.17, 15) is 14.9 Å². The third-order valence-corrected chi connectivity index (χ3v) is 2.37. The van der Waals surface area contributed by atoms with Gasteiger partial charge in [-0.15, -0.1) is 6.42 Å². The molecule has 0 fully saturated rings. The van der Waals surface area contributed by atoms with Gasteiger partial charge in [0.2, 0.25) is 5.75 Å². The Morgan fingerprint density at radius 2 is 2.29 bits per heavy atom. The molecule has 0 saturated carbocycles. The summed E-state index contributed by atoms with van der Waals surface area (Å²) in [7, 11) is 0. The number of nitro benzene ring substituents is 1. The van der Waals surface area contributed by atoms with E-state index in [1.807, 2.05) is 0 Å². The third-order valence-electron chi connectivity index (χ3n) is 1.91. The summed E-state index contributed by atoms with van der Waals surface area (Å²) < 4.78 is 5.51. The van der Waals surface area contributed by atoms with Gasteiger partial charge < -0.3 is 4.74 Å². The Morgan fingerprint density at radius 1 is 1.65 bits per heavy atom. The summed E-state index contributed by atoms with van der Waals surface area (Å²) in [5, 5.41) is 10.9. The van der Waals surface area contributed by atoms with Crippen LogP contribution in [0.1, 0.15) is 17.3 Å². The number of carbonyl (C=O) groups is 1. The minimum Gasteiger partial charge on any atom is -0.473 e. The second-order valence-corrected chi connectivity index (χ2v) is 4.02. The first-order chi connectivity index (χ1) is 7.97. The van der Waals surface area contributed by atoms with E-state index in [1.165, 1.54) is 19.1 Å². The monoisotopic (exact) mass is 297 g/mol. The molecule has 0 spiro atoms. The van der Waals surface area contributed by atoms with Gasteiger partial charge in [-0.3, -0.25) is 14.9 Å². The minimum atomic E-state index is -0.622. The smallest absolute Gasteiger partial charge is 0.312 e. The molecule has 0 aliphatic rings. The molecule has 88 valence electrons. The first kappa shape index (κ1) is 13.2. The quantitative estimate of drug-likeness (QED) is 0.371. The summed E-state index contributed by atoms with van der Waals surface area (Å²) in [6.45, 7) is 1.16. The van der Waals surface area contributed by atoms with Gasteiger partial charge in [-0.1, -0.05) is 21.9 Å². The van der Waals surface area contributed by atoms with Crippen LogP contribution in [-0.2, 0) is 0 Å². The first-order valence-corrected chi connectivity index (χ1v) is 5.31. The lowest BCUT2D eigenvalue weighted by atomic mass is 10.1. The summed E-state index contributed by atoms with van der Waals surface area (Å²) in [4.78, 5) is 21.6. The molecule has 1 aromatic carbocycles. The number of ether oxygens (including phenoxy) is 1. The van der Waals surface area contributed by atoms with Crippen LogP contribution in [0.15, 0.2) is 16.6 Å². The summed E-state index contributed by atoms with van der Waals surface area (Å²) in [5.41, 5.74) is -0.166. The number of Topliss-reactive ketones (excluding diaryl/α,β-unsaturated/α-hetero) is 1. The maximum absolute atomic E-state index is 11.4. The van der Waals surface area contributed by atoms with E-state index in [2.05, 4.69) is 21.9 Å². The Morgan fingerprint density at radius 3 is 2.76 bits per heavy atom. The first-order valence-electron chi connectivity index (χ1n) is 4.52. The standard InChI is InChI=1S/C11H8BrNO4/c1-3-4-17-11-9(7(2)14)5-8(12)6-10(11)13(15)16/h1,5-6H,4H2,2H3. The highest BCUT2D eigenvalue weighted by Crippen LogP contribution is 2.34. The van der Waals surface area contributed by atoms with E-state index in [4.69, 9.17) is 11.2 Å². The predicted molar refractivity (Wildman–Crippen MR) is 65.1 cm³/mol. The molecule has 17 heavy (non-hydrogen) atoms. The van der Waals surface area contributed by atoms with E-state index >= 15 is 0 Å². The molecule has 0 aliphatic heterocycles. The van der Waals surface area contributed by atoms with Crippen molar-refractivity contribution in [1.82, 2.24) is 0 Å². The number of hydrogen-bond acceptors (Lipinski definition) is 4. The molecule has 0 saturated heterocycles. The van der Waals surface area contributed by atoms with Crippen LogP contribution in [0.2, 0.25) is 0 Å². The van der Waals surface area contributed by atoms with Crippen molar-refractivity contribution in [3.63, 3.8) is 0 Å². The van der Waals surface area contributed by atoms with Gasteiger partial charge in [0.05, 0.1) is 10.5 Å². The van der Waals surface area contributed by atoms with Gasteiger partial charge in [0.15, 0.2) is 5.78 Å². The van der Waals surface area contributed by atoms with Gasteiger partial charge in [0.1, 0.15) is 6.61 Å². The highest BCUT2D eigenvalue weighted by molar-refractivity contribution is 9.10. The SMILES string of the molecule is C#CCOc1c(C(C)=O)cc(Br)cc1[N+](=O)[O-]. The topological polar surface area (TPSA) is 69.4 Å². The van der Waals surface area contributed by atoms with Crippen LogP contribution in [0.3, 0.4) is 0 Å². The fourth-order valence-electron chi connectivity index (χ4n) is 1.24. The number of hydrogen-bond donors (Lipinski definition) is 0. The van der Waals surface area contributed by atoms with Crippen molar-refractivity contribution in [2.75, 3.05) is 6.61 Å². The average Bonchev–Trinajstić information content (AvgIpc) is 2.26. The summed E-state index contributed by atoms with van der Waals surface area (Å²) in [6.07, 6.45) is 5.02. The molecule has 0 bridgehead atoms. The lowest BCUT2D eigenvalue weighted by Crippen LogP contribution is -2.05. The number of carbonyl (C=O) groups excluding carboxylic acids is 1. The van der Waals surface area contributed by atoms with E-state index in [0.29, 0.717) is 4.47 Å². The highest BCUT2D eigenvalue weighted by atomic mass is 79.9. The van der Waals surface area contributed by atoms with E-state index in [1.54, 1.807) is 0 Å². The molecule has 0 atom stereocenters. The third kappa shape index (κ3) is 3.04. The lowest BCUT2D eigenvalue weighted by molar-refractivity contribution is -0.385. The zero-order valence-corrected chi connectivity index (χ0v) is 10.5. The summed E-state index contributed by atoms with van der Waals surface area (Å²) >= 11 is 3.10. The van der Waals surface area contributed by atoms with Crippen LogP contribution in [-0.4, -0.2) is 17.3 Å². The number of nitro groups is 1. The van der Waals surface area contributed by atoms with Gasteiger partial charge in [-0.25, -0.2) is 0 Å². The normalized spacial score (nSPS) is 9.47. The van der Waals surface area contributed by atoms with Crippen molar-refractivity contribution in [3.8, 4) is 18.1 Å². The van der Waals surface area contributed by atoms with Gasteiger partial charge in [-0.05, 0) is 13.0 Å². The van der Waals surface area contributed by atoms with Crippen LogP contribution < -0.4 is 4.74 Å². The number of rotatable bonds is 4. The molecule has 0 N–H and O–H groups in total. The van der Waals surface area contributed by atoms with Crippen molar-refractivity contribution in [2.24, 2.45) is 0 Å². The van der Waals surface area contributed by atoms with E-state index < -0.39 is 4.92 Å². The Kier molecular flexibility index (Phi) is 4.24. The van der Waals surface area contributed by atoms with Crippen LogP contribution in [0.5, 0.6) is 5.75 Å². The lowest BCUT2D eigenvalue weighted by Gasteiger charge is -2.08.